The molecule has 1 aromatic heterocycles. The lowest BCUT2D eigenvalue weighted by Gasteiger charge is -2.16. The number of benzene rings is 1. The normalized spacial score (nSPS) is 18.9. The number of H-pyrrole nitrogens is 1. The summed E-state index contributed by atoms with van der Waals surface area (Å²) in [6, 6.07) is 7.90. The van der Waals surface area contributed by atoms with Crippen molar-refractivity contribution in [2.45, 2.75) is 12.8 Å². The third-order valence-electron chi connectivity index (χ3n) is 4.00. The third kappa shape index (κ3) is 2.54. The zero-order valence-corrected chi connectivity index (χ0v) is 11.7. The predicted octanol–water partition coefficient (Wildman–Crippen LogP) is 1.17. The van der Waals surface area contributed by atoms with E-state index in [0.29, 0.717) is 12.3 Å². The number of amides is 1. The molecule has 1 fully saturated rings. The van der Waals surface area contributed by atoms with Crippen LogP contribution in [0.1, 0.15) is 12.1 Å². The molecule has 1 aromatic carbocycles. The van der Waals surface area contributed by atoms with Gasteiger partial charge in [-0.1, -0.05) is 18.2 Å². The molecule has 2 heterocycles. The van der Waals surface area contributed by atoms with Gasteiger partial charge in [0.2, 0.25) is 5.91 Å². The summed E-state index contributed by atoms with van der Waals surface area (Å²) in [6.07, 6.45) is 1.50. The van der Waals surface area contributed by atoms with Crippen LogP contribution in [0.4, 0.5) is 0 Å². The third-order valence-corrected chi connectivity index (χ3v) is 4.00. The fourth-order valence-electron chi connectivity index (χ4n) is 2.93. The van der Waals surface area contributed by atoms with E-state index in [1.54, 1.807) is 0 Å². The first kappa shape index (κ1) is 13.1. The lowest BCUT2D eigenvalue weighted by atomic mass is 10.1. The molecule has 1 amide bonds. The molecule has 0 spiro atoms. The number of hydrogen-bond acceptors (Lipinski definition) is 3. The second kappa shape index (κ2) is 5.63. The highest BCUT2D eigenvalue weighted by Crippen LogP contribution is 2.19. The summed E-state index contributed by atoms with van der Waals surface area (Å²) in [4.78, 5) is 14.3. The van der Waals surface area contributed by atoms with Crippen LogP contribution in [0.5, 0.6) is 0 Å². The van der Waals surface area contributed by atoms with Crippen molar-refractivity contribution >= 4 is 16.8 Å². The Bertz CT molecular complexity index is 607. The molecular formula is C15H20N4O. The van der Waals surface area contributed by atoms with Crippen LogP contribution in [0, 0.1) is 5.92 Å². The molecule has 106 valence electrons. The molecule has 3 rings (SSSR count). The molecule has 1 aliphatic heterocycles. The van der Waals surface area contributed by atoms with Crippen LogP contribution in [-0.4, -0.2) is 47.7 Å². The average molecular weight is 272 g/mol. The van der Waals surface area contributed by atoms with Gasteiger partial charge in [0.15, 0.2) is 0 Å². The SMILES string of the molecule is CNCC1CCN(C(=O)Cc2[nH]nc3ccccc23)C1. The Morgan fingerprint density at radius 2 is 2.35 bits per heavy atom. The molecule has 1 saturated heterocycles. The molecule has 1 unspecified atom stereocenters. The van der Waals surface area contributed by atoms with Gasteiger partial charge >= 0.3 is 0 Å². The molecule has 0 radical (unpaired) electrons. The van der Waals surface area contributed by atoms with E-state index in [0.717, 1.165) is 42.7 Å². The molecule has 0 aliphatic carbocycles. The van der Waals surface area contributed by atoms with Crippen molar-refractivity contribution in [2.75, 3.05) is 26.7 Å². The van der Waals surface area contributed by atoms with Crippen LogP contribution in [-0.2, 0) is 11.2 Å². The van der Waals surface area contributed by atoms with Gasteiger partial charge in [-0.25, -0.2) is 0 Å². The van der Waals surface area contributed by atoms with Crippen molar-refractivity contribution < 1.29 is 4.79 Å². The maximum atomic E-state index is 12.4. The summed E-state index contributed by atoms with van der Waals surface area (Å²) in [5, 5.41) is 11.5. The number of para-hydroxylation sites is 1. The van der Waals surface area contributed by atoms with Crippen LogP contribution in [0.25, 0.3) is 10.9 Å². The van der Waals surface area contributed by atoms with Crippen molar-refractivity contribution in [3.63, 3.8) is 0 Å². The predicted molar refractivity (Wildman–Crippen MR) is 78.4 cm³/mol. The van der Waals surface area contributed by atoms with Gasteiger partial charge < -0.3 is 10.2 Å². The van der Waals surface area contributed by atoms with E-state index in [1.165, 1.54) is 0 Å². The van der Waals surface area contributed by atoms with Crippen molar-refractivity contribution in [3.05, 3.63) is 30.0 Å². The first-order valence-corrected chi connectivity index (χ1v) is 7.12. The number of rotatable bonds is 4. The molecule has 5 heteroatoms. The summed E-state index contributed by atoms with van der Waals surface area (Å²) in [5.41, 5.74) is 1.84. The number of hydrogen-bond donors (Lipinski definition) is 2. The maximum absolute atomic E-state index is 12.4. The van der Waals surface area contributed by atoms with Crippen LogP contribution < -0.4 is 5.32 Å². The molecular weight excluding hydrogens is 252 g/mol. The van der Waals surface area contributed by atoms with E-state index in [2.05, 4.69) is 15.5 Å². The molecule has 0 saturated carbocycles. The highest BCUT2D eigenvalue weighted by atomic mass is 16.2. The van der Waals surface area contributed by atoms with Gasteiger partial charge in [0.1, 0.15) is 0 Å². The Morgan fingerprint density at radius 3 is 3.20 bits per heavy atom. The van der Waals surface area contributed by atoms with Gasteiger partial charge in [-0.15, -0.1) is 0 Å². The lowest BCUT2D eigenvalue weighted by Crippen LogP contribution is -2.31. The van der Waals surface area contributed by atoms with Gasteiger partial charge in [-0.05, 0) is 32.0 Å². The molecule has 1 atom stereocenters. The Morgan fingerprint density at radius 1 is 1.50 bits per heavy atom. The minimum atomic E-state index is 0.193. The van der Waals surface area contributed by atoms with Crippen LogP contribution in [0.15, 0.2) is 24.3 Å². The summed E-state index contributed by atoms with van der Waals surface area (Å²) >= 11 is 0. The second-order valence-electron chi connectivity index (χ2n) is 5.45. The minimum absolute atomic E-state index is 0.193. The number of aromatic nitrogens is 2. The Kier molecular flexibility index (Phi) is 3.69. The Balaban J connectivity index is 1.67. The second-order valence-corrected chi connectivity index (χ2v) is 5.45. The largest absolute Gasteiger partial charge is 0.342 e. The molecule has 2 N–H and O–H groups in total. The van der Waals surface area contributed by atoms with E-state index < -0.39 is 0 Å². The monoisotopic (exact) mass is 272 g/mol. The van der Waals surface area contributed by atoms with Gasteiger partial charge in [0.05, 0.1) is 17.6 Å². The standard InChI is InChI=1S/C15H20N4O/c1-16-9-11-6-7-19(10-11)15(20)8-14-12-4-2-3-5-13(12)17-18-14/h2-5,11,16H,6-10H2,1H3,(H,17,18). The average Bonchev–Trinajstić information content (AvgIpc) is 3.07. The maximum Gasteiger partial charge on any atom is 0.228 e. The van der Waals surface area contributed by atoms with Crippen LogP contribution in [0.2, 0.25) is 0 Å². The zero-order valence-electron chi connectivity index (χ0n) is 11.7. The summed E-state index contributed by atoms with van der Waals surface area (Å²) in [6.45, 7) is 2.72. The van der Waals surface area contributed by atoms with Gasteiger partial charge in [-0.2, -0.15) is 5.10 Å². The van der Waals surface area contributed by atoms with Gasteiger partial charge in [0, 0.05) is 18.5 Å². The number of carbonyl (C=O) groups excluding carboxylic acids is 1. The Labute approximate surface area is 118 Å². The highest BCUT2D eigenvalue weighted by Gasteiger charge is 2.26. The zero-order chi connectivity index (χ0) is 13.9. The highest BCUT2D eigenvalue weighted by molar-refractivity contribution is 5.87. The summed E-state index contributed by atoms with van der Waals surface area (Å²) < 4.78 is 0. The molecule has 2 aromatic rings. The number of nitrogens with zero attached hydrogens (tertiary/aromatic N) is 2. The molecule has 5 nitrogen and oxygen atoms in total. The smallest absolute Gasteiger partial charge is 0.228 e. The van der Waals surface area contributed by atoms with Gasteiger partial charge in [-0.3, -0.25) is 9.89 Å². The number of fused-ring (bicyclic) bond motifs is 1. The van der Waals surface area contributed by atoms with Crippen molar-refractivity contribution in [2.24, 2.45) is 5.92 Å². The first-order chi connectivity index (χ1) is 9.78. The molecule has 20 heavy (non-hydrogen) atoms. The fraction of sp³-hybridized carbons (Fsp3) is 0.467. The van der Waals surface area contributed by atoms with Crippen molar-refractivity contribution in [1.29, 1.82) is 0 Å². The van der Waals surface area contributed by atoms with E-state index in [-0.39, 0.29) is 5.91 Å². The summed E-state index contributed by atoms with van der Waals surface area (Å²) in [5.74, 6) is 0.778. The number of carbonyl (C=O) groups is 1. The number of likely N-dealkylation sites (tertiary alicyclic amines) is 1. The Hall–Kier alpha value is -1.88. The van der Waals surface area contributed by atoms with Crippen LogP contribution in [0.3, 0.4) is 0 Å². The summed E-state index contributed by atoms with van der Waals surface area (Å²) in [7, 11) is 1.96. The molecule has 0 bridgehead atoms. The van der Waals surface area contributed by atoms with Crippen molar-refractivity contribution in [3.8, 4) is 0 Å². The minimum Gasteiger partial charge on any atom is -0.342 e. The molecule has 1 aliphatic rings. The quantitative estimate of drug-likeness (QED) is 0.878. The van der Waals surface area contributed by atoms with Crippen molar-refractivity contribution in [1.82, 2.24) is 20.4 Å². The van der Waals surface area contributed by atoms with E-state index in [9.17, 15) is 4.79 Å². The van der Waals surface area contributed by atoms with E-state index in [4.69, 9.17) is 0 Å². The lowest BCUT2D eigenvalue weighted by molar-refractivity contribution is -0.129. The first-order valence-electron chi connectivity index (χ1n) is 7.12. The topological polar surface area (TPSA) is 61.0 Å². The van der Waals surface area contributed by atoms with Crippen LogP contribution >= 0.6 is 0 Å². The number of aromatic amines is 1. The van der Waals surface area contributed by atoms with E-state index >= 15 is 0 Å². The van der Waals surface area contributed by atoms with Gasteiger partial charge in [0.25, 0.3) is 0 Å². The van der Waals surface area contributed by atoms with E-state index in [1.807, 2.05) is 36.2 Å². The number of nitrogens with one attached hydrogen (secondary N) is 2. The fourth-order valence-corrected chi connectivity index (χ4v) is 2.93.